The molecule has 8 nitrogen and oxygen atoms in total. The number of carbonyl (C=O) groups is 2. The summed E-state index contributed by atoms with van der Waals surface area (Å²) in [6, 6.07) is 10.7. The molecule has 1 atom stereocenters. The number of anilines is 1. The average Bonchev–Trinajstić information content (AvgIpc) is 2.83. The maximum atomic E-state index is 15.0. The number of nitrogens with zero attached hydrogens (tertiary/aromatic N) is 2. The quantitative estimate of drug-likeness (QED) is 0.508. The highest BCUT2D eigenvalue weighted by molar-refractivity contribution is 6.31. The summed E-state index contributed by atoms with van der Waals surface area (Å²) < 4.78 is 35.0. The summed E-state index contributed by atoms with van der Waals surface area (Å²) in [7, 11) is 1.27. The van der Waals surface area contributed by atoms with Gasteiger partial charge in [-0.1, -0.05) is 11.6 Å². The summed E-state index contributed by atoms with van der Waals surface area (Å²) in [6.45, 7) is 1.97. The Morgan fingerprint density at radius 3 is 2.57 bits per heavy atom. The van der Waals surface area contributed by atoms with E-state index >= 15 is 4.39 Å². The molecule has 2 aromatic carbocycles. The number of nitriles is 1. The van der Waals surface area contributed by atoms with Crippen LogP contribution in [0.3, 0.4) is 0 Å². The number of halogens is 3. The SMILES string of the molecule is CCNC(=O)c1ccc(NC(=O)C(F)n2cc(OC)c(-c3cc(Cl)ccc3C#N)cc2=O)cc1F. The van der Waals surface area contributed by atoms with E-state index in [4.69, 9.17) is 16.3 Å². The maximum Gasteiger partial charge on any atom is 0.280 e. The van der Waals surface area contributed by atoms with Gasteiger partial charge in [-0.05, 0) is 43.3 Å². The van der Waals surface area contributed by atoms with Crippen molar-refractivity contribution in [2.75, 3.05) is 19.0 Å². The van der Waals surface area contributed by atoms with Gasteiger partial charge in [-0.15, -0.1) is 0 Å². The molecule has 0 spiro atoms. The van der Waals surface area contributed by atoms with Crippen LogP contribution in [-0.2, 0) is 4.79 Å². The molecule has 0 aliphatic heterocycles. The predicted molar refractivity (Wildman–Crippen MR) is 126 cm³/mol. The summed E-state index contributed by atoms with van der Waals surface area (Å²) >= 11 is 6.02. The van der Waals surface area contributed by atoms with E-state index in [0.717, 1.165) is 24.4 Å². The molecule has 11 heteroatoms. The van der Waals surface area contributed by atoms with Crippen LogP contribution in [-0.4, -0.2) is 30.0 Å². The second-order valence-electron chi connectivity index (χ2n) is 7.18. The molecule has 1 unspecified atom stereocenters. The van der Waals surface area contributed by atoms with E-state index in [1.54, 1.807) is 6.92 Å². The minimum Gasteiger partial charge on any atom is -0.495 e. The van der Waals surface area contributed by atoms with Crippen LogP contribution in [0.4, 0.5) is 14.5 Å². The lowest BCUT2D eigenvalue weighted by molar-refractivity contribution is -0.123. The highest BCUT2D eigenvalue weighted by Gasteiger charge is 2.24. The topological polar surface area (TPSA) is 113 Å². The molecule has 0 bridgehead atoms. The molecule has 0 aliphatic carbocycles. The molecule has 3 rings (SSSR count). The van der Waals surface area contributed by atoms with Gasteiger partial charge in [0.2, 0.25) is 0 Å². The van der Waals surface area contributed by atoms with Crippen LogP contribution in [0.2, 0.25) is 5.02 Å². The van der Waals surface area contributed by atoms with Crippen LogP contribution in [0, 0.1) is 17.1 Å². The smallest absolute Gasteiger partial charge is 0.280 e. The predicted octanol–water partition coefficient (Wildman–Crippen LogP) is 4.04. The molecule has 0 fully saturated rings. The number of hydrogen-bond donors (Lipinski definition) is 2. The Morgan fingerprint density at radius 1 is 1.20 bits per heavy atom. The highest BCUT2D eigenvalue weighted by Crippen LogP contribution is 2.33. The molecule has 0 radical (unpaired) electrons. The summed E-state index contributed by atoms with van der Waals surface area (Å²) in [5.41, 5.74) is -0.567. The third kappa shape index (κ3) is 5.47. The second kappa shape index (κ2) is 10.8. The van der Waals surface area contributed by atoms with E-state index in [1.165, 1.54) is 31.4 Å². The first-order chi connectivity index (χ1) is 16.7. The highest BCUT2D eigenvalue weighted by atomic mass is 35.5. The van der Waals surface area contributed by atoms with Crippen molar-refractivity contribution in [2.24, 2.45) is 0 Å². The minimum atomic E-state index is -2.49. The van der Waals surface area contributed by atoms with Crippen molar-refractivity contribution in [1.82, 2.24) is 9.88 Å². The number of benzene rings is 2. The first kappa shape index (κ1) is 25.4. The molecule has 3 aromatic rings. The Labute approximate surface area is 203 Å². The van der Waals surface area contributed by atoms with Crippen molar-refractivity contribution in [2.45, 2.75) is 13.2 Å². The molecule has 0 saturated carbocycles. The van der Waals surface area contributed by atoms with Crippen LogP contribution in [0.15, 0.2) is 53.5 Å². The van der Waals surface area contributed by atoms with E-state index in [-0.39, 0.29) is 28.1 Å². The third-order valence-electron chi connectivity index (χ3n) is 4.94. The zero-order valence-corrected chi connectivity index (χ0v) is 19.3. The number of pyridine rings is 1. The molecule has 1 aromatic heterocycles. The minimum absolute atomic E-state index is 0.0103. The summed E-state index contributed by atoms with van der Waals surface area (Å²) in [5, 5.41) is 14.3. The number of amides is 2. The molecule has 0 aliphatic rings. The Balaban J connectivity index is 1.91. The van der Waals surface area contributed by atoms with Gasteiger partial charge in [0.1, 0.15) is 11.6 Å². The summed E-state index contributed by atoms with van der Waals surface area (Å²) in [4.78, 5) is 36.9. The van der Waals surface area contributed by atoms with Crippen molar-refractivity contribution in [1.29, 1.82) is 5.26 Å². The van der Waals surface area contributed by atoms with Gasteiger partial charge in [0.25, 0.3) is 23.7 Å². The average molecular weight is 501 g/mol. The molecular weight excluding hydrogens is 482 g/mol. The van der Waals surface area contributed by atoms with Gasteiger partial charge in [-0.3, -0.25) is 19.0 Å². The normalized spacial score (nSPS) is 11.3. The van der Waals surface area contributed by atoms with Gasteiger partial charge in [0.05, 0.1) is 30.5 Å². The first-order valence-corrected chi connectivity index (χ1v) is 10.6. The third-order valence-corrected chi connectivity index (χ3v) is 5.17. The van der Waals surface area contributed by atoms with Crippen molar-refractivity contribution >= 4 is 29.1 Å². The van der Waals surface area contributed by atoms with E-state index in [0.29, 0.717) is 21.7 Å². The van der Waals surface area contributed by atoms with Crippen LogP contribution in [0.1, 0.15) is 29.1 Å². The lowest BCUT2D eigenvalue weighted by atomic mass is 10.0. The molecule has 180 valence electrons. The fourth-order valence-electron chi connectivity index (χ4n) is 3.28. The Hall–Kier alpha value is -4.23. The molecule has 35 heavy (non-hydrogen) atoms. The summed E-state index contributed by atoms with van der Waals surface area (Å²) in [5.74, 6) is -2.80. The number of ether oxygens (including phenoxy) is 1. The van der Waals surface area contributed by atoms with E-state index < -0.39 is 29.5 Å². The molecule has 2 amide bonds. The van der Waals surface area contributed by atoms with Crippen LogP contribution in [0.25, 0.3) is 11.1 Å². The molecule has 1 heterocycles. The number of alkyl halides is 1. The van der Waals surface area contributed by atoms with E-state index in [1.807, 2.05) is 6.07 Å². The van der Waals surface area contributed by atoms with Crippen molar-refractivity contribution < 1.29 is 23.1 Å². The van der Waals surface area contributed by atoms with E-state index in [9.17, 15) is 24.0 Å². The Morgan fingerprint density at radius 2 is 1.94 bits per heavy atom. The van der Waals surface area contributed by atoms with Crippen molar-refractivity contribution in [3.8, 4) is 22.9 Å². The molecule has 2 N–H and O–H groups in total. The number of hydrogen-bond acceptors (Lipinski definition) is 5. The second-order valence-corrected chi connectivity index (χ2v) is 7.62. The molecule has 0 saturated heterocycles. The van der Waals surface area contributed by atoms with Gasteiger partial charge in [0, 0.05) is 34.4 Å². The lowest BCUT2D eigenvalue weighted by Crippen LogP contribution is -2.30. The number of aromatic nitrogens is 1. The van der Waals surface area contributed by atoms with Crippen molar-refractivity contribution in [3.05, 3.63) is 81.0 Å². The van der Waals surface area contributed by atoms with Crippen LogP contribution < -0.4 is 20.9 Å². The first-order valence-electron chi connectivity index (χ1n) is 10.2. The van der Waals surface area contributed by atoms with Gasteiger partial charge in [0.15, 0.2) is 0 Å². The number of rotatable bonds is 7. The largest absolute Gasteiger partial charge is 0.495 e. The van der Waals surface area contributed by atoms with Gasteiger partial charge >= 0.3 is 0 Å². The van der Waals surface area contributed by atoms with Crippen molar-refractivity contribution in [3.63, 3.8) is 0 Å². The van der Waals surface area contributed by atoms with Crippen LogP contribution in [0.5, 0.6) is 5.75 Å². The van der Waals surface area contributed by atoms with Gasteiger partial charge in [-0.25, -0.2) is 8.78 Å². The Bertz CT molecular complexity index is 1400. The summed E-state index contributed by atoms with van der Waals surface area (Å²) in [6.07, 6.45) is -1.51. The van der Waals surface area contributed by atoms with Gasteiger partial charge < -0.3 is 15.4 Å². The fourth-order valence-corrected chi connectivity index (χ4v) is 3.45. The Kier molecular flexibility index (Phi) is 7.83. The number of carbonyl (C=O) groups excluding carboxylic acids is 2. The zero-order chi connectivity index (χ0) is 25.7. The fraction of sp³-hybridized carbons (Fsp3) is 0.167. The zero-order valence-electron chi connectivity index (χ0n) is 18.6. The lowest BCUT2D eigenvalue weighted by Gasteiger charge is -2.16. The monoisotopic (exact) mass is 500 g/mol. The van der Waals surface area contributed by atoms with E-state index in [2.05, 4.69) is 10.6 Å². The maximum absolute atomic E-state index is 15.0. The van der Waals surface area contributed by atoms with Crippen LogP contribution >= 0.6 is 11.6 Å². The molecular formula is C24H19ClF2N4O4. The van der Waals surface area contributed by atoms with Gasteiger partial charge in [-0.2, -0.15) is 5.26 Å². The number of methoxy groups -OCH3 is 1. The number of nitrogens with one attached hydrogen (secondary N) is 2. The standard InChI is InChI=1S/C24H19ClF2N4O4/c1-3-29-23(33)16-7-6-15(9-19(16)26)30-24(34)22(27)31-12-20(35-2)18(10-21(31)32)17-8-14(25)5-4-13(17)11-28/h4-10,12,22H,3H2,1-2H3,(H,29,33)(H,30,34).